The molecule has 76 valence electrons. The van der Waals surface area contributed by atoms with E-state index in [1.54, 1.807) is 0 Å². The Morgan fingerprint density at radius 1 is 1.21 bits per heavy atom. The van der Waals surface area contributed by atoms with E-state index in [2.05, 4.69) is 17.5 Å². The van der Waals surface area contributed by atoms with Crippen LogP contribution in [-0.4, -0.2) is 6.21 Å². The number of nitrogens with one attached hydrogen (secondary N) is 1. The number of benzene rings is 1. The van der Waals surface area contributed by atoms with Crippen molar-refractivity contribution in [2.24, 2.45) is 5.10 Å². The summed E-state index contributed by atoms with van der Waals surface area (Å²) >= 11 is 0. The zero-order chi connectivity index (χ0) is 10.1. The fourth-order valence-electron chi connectivity index (χ4n) is 1.18. The Bertz CT molecular complexity index is 254. The molecule has 2 nitrogen and oxygen atoms in total. The number of anilines is 1. The van der Waals surface area contributed by atoms with Crippen molar-refractivity contribution in [1.82, 2.24) is 0 Å². The molecule has 0 aliphatic heterocycles. The molecule has 0 aliphatic carbocycles. The van der Waals surface area contributed by atoms with Gasteiger partial charge in [0, 0.05) is 6.21 Å². The lowest BCUT2D eigenvalue weighted by Crippen LogP contribution is -1.88. The molecule has 0 saturated carbocycles. The summed E-state index contributed by atoms with van der Waals surface area (Å²) in [5.74, 6) is 0. The number of para-hydroxylation sites is 1. The molecular formula is C12H18N2. The summed E-state index contributed by atoms with van der Waals surface area (Å²) in [5.41, 5.74) is 4.03. The average Bonchev–Trinajstić information content (AvgIpc) is 2.25. The van der Waals surface area contributed by atoms with Crippen molar-refractivity contribution in [1.29, 1.82) is 0 Å². The van der Waals surface area contributed by atoms with Gasteiger partial charge in [-0.3, -0.25) is 5.43 Å². The van der Waals surface area contributed by atoms with E-state index in [0.29, 0.717) is 0 Å². The van der Waals surface area contributed by atoms with Crippen molar-refractivity contribution >= 4 is 11.9 Å². The number of unbranched alkanes of at least 4 members (excludes halogenated alkanes) is 3. The average molecular weight is 190 g/mol. The van der Waals surface area contributed by atoms with Gasteiger partial charge in [0.25, 0.3) is 0 Å². The summed E-state index contributed by atoms with van der Waals surface area (Å²) < 4.78 is 0. The van der Waals surface area contributed by atoms with E-state index in [9.17, 15) is 0 Å². The van der Waals surface area contributed by atoms with Crippen molar-refractivity contribution in [2.75, 3.05) is 5.43 Å². The van der Waals surface area contributed by atoms with Crippen LogP contribution in [0.25, 0.3) is 0 Å². The van der Waals surface area contributed by atoms with Crippen LogP contribution in [0.1, 0.15) is 32.6 Å². The maximum Gasteiger partial charge on any atom is 0.0561 e. The van der Waals surface area contributed by atoms with Gasteiger partial charge in [0.1, 0.15) is 0 Å². The third-order valence-corrected chi connectivity index (χ3v) is 2.00. The minimum Gasteiger partial charge on any atom is -0.279 e. The summed E-state index contributed by atoms with van der Waals surface area (Å²) in [6.07, 6.45) is 6.80. The number of hydrazone groups is 1. The molecule has 0 amide bonds. The van der Waals surface area contributed by atoms with Gasteiger partial charge in [-0.2, -0.15) is 5.10 Å². The van der Waals surface area contributed by atoms with Crippen molar-refractivity contribution in [3.8, 4) is 0 Å². The van der Waals surface area contributed by atoms with Gasteiger partial charge in [0.2, 0.25) is 0 Å². The summed E-state index contributed by atoms with van der Waals surface area (Å²) in [5, 5.41) is 4.14. The Labute approximate surface area is 86.0 Å². The standard InChI is InChI=1S/C12H18N2/c1-2-3-4-8-11-13-14-12-9-6-5-7-10-12/h5-7,9-11,14H,2-4,8H2,1H3/b13-11-. The molecule has 0 radical (unpaired) electrons. The first-order valence-electron chi connectivity index (χ1n) is 5.26. The van der Waals surface area contributed by atoms with Crippen molar-refractivity contribution in [3.63, 3.8) is 0 Å². The van der Waals surface area contributed by atoms with Crippen LogP contribution >= 0.6 is 0 Å². The second-order valence-electron chi connectivity index (χ2n) is 3.29. The molecule has 0 bridgehead atoms. The molecule has 0 saturated heterocycles. The topological polar surface area (TPSA) is 24.4 Å². The smallest absolute Gasteiger partial charge is 0.0561 e. The Morgan fingerprint density at radius 3 is 2.71 bits per heavy atom. The van der Waals surface area contributed by atoms with Crippen molar-refractivity contribution in [2.45, 2.75) is 32.6 Å². The van der Waals surface area contributed by atoms with Gasteiger partial charge < -0.3 is 0 Å². The molecule has 1 rings (SSSR count). The lowest BCUT2D eigenvalue weighted by atomic mass is 10.2. The fraction of sp³-hybridized carbons (Fsp3) is 0.417. The van der Waals surface area contributed by atoms with Crippen LogP contribution in [0.15, 0.2) is 35.4 Å². The van der Waals surface area contributed by atoms with E-state index >= 15 is 0 Å². The van der Waals surface area contributed by atoms with Gasteiger partial charge in [-0.15, -0.1) is 0 Å². The lowest BCUT2D eigenvalue weighted by molar-refractivity contribution is 0.746. The SMILES string of the molecule is CCCCC/C=N\Nc1ccccc1. The summed E-state index contributed by atoms with van der Waals surface area (Å²) in [4.78, 5) is 0. The molecule has 2 heteroatoms. The summed E-state index contributed by atoms with van der Waals surface area (Å²) in [7, 11) is 0. The molecule has 0 unspecified atom stereocenters. The molecular weight excluding hydrogens is 172 g/mol. The van der Waals surface area contributed by atoms with E-state index < -0.39 is 0 Å². The first-order valence-corrected chi connectivity index (χ1v) is 5.26. The highest BCUT2D eigenvalue weighted by atomic mass is 15.3. The van der Waals surface area contributed by atoms with Crippen molar-refractivity contribution < 1.29 is 0 Å². The van der Waals surface area contributed by atoms with Gasteiger partial charge in [-0.25, -0.2) is 0 Å². The summed E-state index contributed by atoms with van der Waals surface area (Å²) in [6, 6.07) is 9.99. The molecule has 1 aromatic carbocycles. The van der Waals surface area contributed by atoms with Crippen LogP contribution in [0.5, 0.6) is 0 Å². The molecule has 0 aromatic heterocycles. The number of rotatable bonds is 6. The van der Waals surface area contributed by atoms with Crippen LogP contribution in [0.4, 0.5) is 5.69 Å². The maximum absolute atomic E-state index is 4.14. The second-order valence-corrected chi connectivity index (χ2v) is 3.29. The van der Waals surface area contributed by atoms with E-state index in [0.717, 1.165) is 12.1 Å². The fourth-order valence-corrected chi connectivity index (χ4v) is 1.18. The summed E-state index contributed by atoms with van der Waals surface area (Å²) in [6.45, 7) is 2.21. The highest BCUT2D eigenvalue weighted by molar-refractivity contribution is 5.59. The molecule has 1 N–H and O–H groups in total. The van der Waals surface area contributed by atoms with E-state index in [4.69, 9.17) is 0 Å². The lowest BCUT2D eigenvalue weighted by Gasteiger charge is -1.97. The molecule has 0 aliphatic rings. The highest BCUT2D eigenvalue weighted by Crippen LogP contribution is 2.04. The van der Waals surface area contributed by atoms with E-state index in [1.165, 1.54) is 19.3 Å². The van der Waals surface area contributed by atoms with Crippen molar-refractivity contribution in [3.05, 3.63) is 30.3 Å². The van der Waals surface area contributed by atoms with Crippen LogP contribution < -0.4 is 5.43 Å². The molecule has 0 fully saturated rings. The van der Waals surface area contributed by atoms with Crippen LogP contribution in [0.2, 0.25) is 0 Å². The van der Waals surface area contributed by atoms with Gasteiger partial charge in [-0.05, 0) is 25.0 Å². The molecule has 0 heterocycles. The van der Waals surface area contributed by atoms with E-state index in [1.807, 2.05) is 36.5 Å². The van der Waals surface area contributed by atoms with Gasteiger partial charge in [0.05, 0.1) is 5.69 Å². The third-order valence-electron chi connectivity index (χ3n) is 2.00. The largest absolute Gasteiger partial charge is 0.279 e. The Morgan fingerprint density at radius 2 is 2.00 bits per heavy atom. The maximum atomic E-state index is 4.14. The second kappa shape index (κ2) is 7.13. The Balaban J connectivity index is 2.14. The normalized spacial score (nSPS) is 10.6. The number of hydrogen-bond donors (Lipinski definition) is 1. The number of hydrogen-bond acceptors (Lipinski definition) is 2. The molecule has 0 spiro atoms. The van der Waals surface area contributed by atoms with Crippen LogP contribution in [-0.2, 0) is 0 Å². The molecule has 0 atom stereocenters. The molecule has 1 aromatic rings. The van der Waals surface area contributed by atoms with Gasteiger partial charge >= 0.3 is 0 Å². The van der Waals surface area contributed by atoms with Gasteiger partial charge in [0.15, 0.2) is 0 Å². The Kier molecular flexibility index (Phi) is 5.48. The predicted octanol–water partition coefficient (Wildman–Crippen LogP) is 3.66. The minimum absolute atomic E-state index is 1.04. The van der Waals surface area contributed by atoms with Gasteiger partial charge in [-0.1, -0.05) is 38.0 Å². The first kappa shape index (κ1) is 10.8. The zero-order valence-corrected chi connectivity index (χ0v) is 8.74. The number of nitrogens with zero attached hydrogens (tertiary/aromatic N) is 1. The van der Waals surface area contributed by atoms with Crippen LogP contribution in [0.3, 0.4) is 0 Å². The zero-order valence-electron chi connectivity index (χ0n) is 8.74. The molecule has 14 heavy (non-hydrogen) atoms. The monoisotopic (exact) mass is 190 g/mol. The van der Waals surface area contributed by atoms with Crippen LogP contribution in [0, 0.1) is 0 Å². The highest BCUT2D eigenvalue weighted by Gasteiger charge is 1.84. The van der Waals surface area contributed by atoms with E-state index in [-0.39, 0.29) is 0 Å². The predicted molar refractivity (Wildman–Crippen MR) is 62.7 cm³/mol. The quantitative estimate of drug-likeness (QED) is 0.413. The first-order chi connectivity index (χ1) is 6.93. The Hall–Kier alpha value is -1.31. The minimum atomic E-state index is 1.04. The third kappa shape index (κ3) is 4.65.